The van der Waals surface area contributed by atoms with Gasteiger partial charge >= 0.3 is 6.03 Å². The molecule has 4 N–H and O–H groups in total. The standard InChI is InChI=1S/C10H16N6O2/c1-16(2)10(18)13-6-5-12-9(17)7-3-4-8(11)15-14-7/h3-4H,5-6H2,1-2H3,(H2,11,15)(H,12,17)(H,13,18). The van der Waals surface area contributed by atoms with Crippen molar-refractivity contribution >= 4 is 17.8 Å². The van der Waals surface area contributed by atoms with E-state index in [9.17, 15) is 9.59 Å². The minimum Gasteiger partial charge on any atom is -0.382 e. The molecule has 0 saturated carbocycles. The topological polar surface area (TPSA) is 113 Å². The summed E-state index contributed by atoms with van der Waals surface area (Å²) in [6.45, 7) is 0.648. The third-order valence-corrected chi connectivity index (χ3v) is 2.01. The summed E-state index contributed by atoms with van der Waals surface area (Å²) in [4.78, 5) is 24.1. The summed E-state index contributed by atoms with van der Waals surface area (Å²) in [6.07, 6.45) is 0. The molecule has 1 aromatic rings. The van der Waals surface area contributed by atoms with Crippen molar-refractivity contribution in [1.82, 2.24) is 25.7 Å². The molecule has 0 aliphatic heterocycles. The molecule has 8 nitrogen and oxygen atoms in total. The van der Waals surface area contributed by atoms with Crippen LogP contribution >= 0.6 is 0 Å². The Morgan fingerprint density at radius 2 is 1.89 bits per heavy atom. The molecule has 0 spiro atoms. The first-order valence-corrected chi connectivity index (χ1v) is 5.33. The van der Waals surface area contributed by atoms with Crippen LogP contribution in [0.1, 0.15) is 10.5 Å². The van der Waals surface area contributed by atoms with Gasteiger partial charge in [-0.3, -0.25) is 4.79 Å². The minimum atomic E-state index is -0.360. The maximum Gasteiger partial charge on any atom is 0.316 e. The largest absolute Gasteiger partial charge is 0.382 e. The SMILES string of the molecule is CN(C)C(=O)NCCNC(=O)c1ccc(N)nn1. The Bertz CT molecular complexity index is 417. The molecule has 0 saturated heterocycles. The van der Waals surface area contributed by atoms with Gasteiger partial charge in [-0.15, -0.1) is 10.2 Å². The fraction of sp³-hybridized carbons (Fsp3) is 0.400. The van der Waals surface area contributed by atoms with Crippen molar-refractivity contribution in [3.8, 4) is 0 Å². The zero-order valence-corrected chi connectivity index (χ0v) is 10.3. The average molecular weight is 252 g/mol. The Morgan fingerprint density at radius 3 is 2.44 bits per heavy atom. The zero-order chi connectivity index (χ0) is 13.5. The molecule has 98 valence electrons. The van der Waals surface area contributed by atoms with Crippen molar-refractivity contribution in [2.75, 3.05) is 32.9 Å². The van der Waals surface area contributed by atoms with E-state index in [-0.39, 0.29) is 23.5 Å². The molecule has 18 heavy (non-hydrogen) atoms. The van der Waals surface area contributed by atoms with E-state index in [2.05, 4.69) is 20.8 Å². The van der Waals surface area contributed by atoms with Gasteiger partial charge in [-0.05, 0) is 12.1 Å². The Labute approximate surface area is 105 Å². The molecule has 0 radical (unpaired) electrons. The highest BCUT2D eigenvalue weighted by atomic mass is 16.2. The number of nitrogens with zero attached hydrogens (tertiary/aromatic N) is 3. The smallest absolute Gasteiger partial charge is 0.316 e. The number of rotatable bonds is 4. The Kier molecular flexibility index (Phi) is 4.85. The molecular formula is C10H16N6O2. The minimum absolute atomic E-state index is 0.183. The highest BCUT2D eigenvalue weighted by molar-refractivity contribution is 5.92. The number of aromatic nitrogens is 2. The molecule has 1 rings (SSSR count). The fourth-order valence-corrected chi connectivity index (χ4v) is 1.06. The van der Waals surface area contributed by atoms with Gasteiger partial charge in [0.1, 0.15) is 5.82 Å². The quantitative estimate of drug-likeness (QED) is 0.598. The molecule has 0 fully saturated rings. The summed E-state index contributed by atoms with van der Waals surface area (Å²) >= 11 is 0. The van der Waals surface area contributed by atoms with E-state index in [1.54, 1.807) is 14.1 Å². The summed E-state index contributed by atoms with van der Waals surface area (Å²) in [7, 11) is 3.27. The number of carbonyl (C=O) groups is 2. The van der Waals surface area contributed by atoms with Crippen molar-refractivity contribution in [3.05, 3.63) is 17.8 Å². The Hall–Kier alpha value is -2.38. The molecule has 0 aromatic carbocycles. The molecule has 3 amide bonds. The number of carbonyl (C=O) groups excluding carboxylic acids is 2. The maximum absolute atomic E-state index is 11.6. The van der Waals surface area contributed by atoms with Crippen molar-refractivity contribution in [3.63, 3.8) is 0 Å². The van der Waals surface area contributed by atoms with Gasteiger partial charge in [0, 0.05) is 27.2 Å². The van der Waals surface area contributed by atoms with Crippen molar-refractivity contribution in [1.29, 1.82) is 0 Å². The summed E-state index contributed by atoms with van der Waals surface area (Å²) in [6, 6.07) is 2.77. The number of amides is 3. The van der Waals surface area contributed by atoms with Gasteiger partial charge in [-0.2, -0.15) is 0 Å². The van der Waals surface area contributed by atoms with Crippen LogP contribution in [0.2, 0.25) is 0 Å². The monoisotopic (exact) mass is 252 g/mol. The molecule has 0 unspecified atom stereocenters. The number of nitrogen functional groups attached to an aromatic ring is 1. The summed E-state index contributed by atoms with van der Waals surface area (Å²) in [5.74, 6) is -0.105. The number of urea groups is 1. The fourth-order valence-electron chi connectivity index (χ4n) is 1.06. The van der Waals surface area contributed by atoms with E-state index in [4.69, 9.17) is 5.73 Å². The Morgan fingerprint density at radius 1 is 1.22 bits per heavy atom. The van der Waals surface area contributed by atoms with E-state index in [0.29, 0.717) is 13.1 Å². The van der Waals surface area contributed by atoms with Gasteiger partial charge in [-0.1, -0.05) is 0 Å². The maximum atomic E-state index is 11.6. The predicted molar refractivity (Wildman–Crippen MR) is 65.9 cm³/mol. The molecule has 0 aliphatic rings. The van der Waals surface area contributed by atoms with Crippen LogP contribution in [-0.4, -0.2) is 54.2 Å². The second-order valence-corrected chi connectivity index (χ2v) is 3.73. The van der Waals surface area contributed by atoms with E-state index >= 15 is 0 Å². The number of anilines is 1. The van der Waals surface area contributed by atoms with Gasteiger partial charge in [0.25, 0.3) is 5.91 Å². The van der Waals surface area contributed by atoms with E-state index in [1.807, 2.05) is 0 Å². The highest BCUT2D eigenvalue weighted by Gasteiger charge is 2.07. The van der Waals surface area contributed by atoms with Gasteiger partial charge in [0.15, 0.2) is 5.69 Å². The predicted octanol–water partition coefficient (Wildman–Crippen LogP) is -0.940. The highest BCUT2D eigenvalue weighted by Crippen LogP contribution is 1.96. The van der Waals surface area contributed by atoms with Crippen molar-refractivity contribution in [2.45, 2.75) is 0 Å². The number of nitrogens with two attached hydrogens (primary N) is 1. The molecule has 0 aliphatic carbocycles. The second-order valence-electron chi connectivity index (χ2n) is 3.73. The van der Waals surface area contributed by atoms with Crippen LogP contribution in [0.25, 0.3) is 0 Å². The van der Waals surface area contributed by atoms with Crippen LogP contribution in [0.15, 0.2) is 12.1 Å². The summed E-state index contributed by atoms with van der Waals surface area (Å²) < 4.78 is 0. The van der Waals surface area contributed by atoms with Crippen LogP contribution in [0, 0.1) is 0 Å². The second kappa shape index (κ2) is 6.38. The zero-order valence-electron chi connectivity index (χ0n) is 10.3. The molecule has 0 bridgehead atoms. The number of hydrogen-bond donors (Lipinski definition) is 3. The van der Waals surface area contributed by atoms with Gasteiger partial charge < -0.3 is 21.3 Å². The van der Waals surface area contributed by atoms with Crippen LogP contribution in [0.5, 0.6) is 0 Å². The third-order valence-electron chi connectivity index (χ3n) is 2.01. The molecule has 0 atom stereocenters. The number of nitrogens with one attached hydrogen (secondary N) is 2. The van der Waals surface area contributed by atoms with Gasteiger partial charge in [0.2, 0.25) is 0 Å². The number of hydrogen-bond acceptors (Lipinski definition) is 5. The van der Waals surface area contributed by atoms with Crippen LogP contribution in [0.3, 0.4) is 0 Å². The lowest BCUT2D eigenvalue weighted by Gasteiger charge is -2.11. The average Bonchev–Trinajstić information content (AvgIpc) is 2.34. The summed E-state index contributed by atoms with van der Waals surface area (Å²) in [5, 5.41) is 12.4. The van der Waals surface area contributed by atoms with E-state index in [1.165, 1.54) is 17.0 Å². The van der Waals surface area contributed by atoms with Gasteiger partial charge in [-0.25, -0.2) is 4.79 Å². The van der Waals surface area contributed by atoms with E-state index < -0.39 is 0 Å². The van der Waals surface area contributed by atoms with E-state index in [0.717, 1.165) is 0 Å². The molecule has 8 heteroatoms. The Balaban J connectivity index is 2.29. The lowest BCUT2D eigenvalue weighted by atomic mass is 10.3. The lowest BCUT2D eigenvalue weighted by Crippen LogP contribution is -2.39. The van der Waals surface area contributed by atoms with Gasteiger partial charge in [0.05, 0.1) is 0 Å². The lowest BCUT2D eigenvalue weighted by molar-refractivity contribution is 0.0947. The molecule has 1 aromatic heterocycles. The first-order chi connectivity index (χ1) is 8.50. The molecule has 1 heterocycles. The normalized spacial score (nSPS) is 9.67. The first-order valence-electron chi connectivity index (χ1n) is 5.33. The first kappa shape index (κ1) is 13.7. The van der Waals surface area contributed by atoms with Crippen LogP contribution in [-0.2, 0) is 0 Å². The van der Waals surface area contributed by atoms with Crippen molar-refractivity contribution < 1.29 is 9.59 Å². The van der Waals surface area contributed by atoms with Crippen LogP contribution in [0.4, 0.5) is 10.6 Å². The summed E-state index contributed by atoms with van der Waals surface area (Å²) in [5.41, 5.74) is 5.54. The third kappa shape index (κ3) is 4.24. The molecular weight excluding hydrogens is 236 g/mol. The van der Waals surface area contributed by atoms with Crippen LogP contribution < -0.4 is 16.4 Å². The van der Waals surface area contributed by atoms with Crippen molar-refractivity contribution in [2.24, 2.45) is 0 Å².